The van der Waals surface area contributed by atoms with Gasteiger partial charge in [-0.2, -0.15) is 0 Å². The Morgan fingerprint density at radius 2 is 1.62 bits per heavy atom. The Hall–Kier alpha value is -0.570. The van der Waals surface area contributed by atoms with Crippen molar-refractivity contribution in [2.24, 2.45) is 5.41 Å². The van der Waals surface area contributed by atoms with Crippen LogP contribution in [0.5, 0.6) is 0 Å². The highest BCUT2D eigenvalue weighted by atomic mass is 16.1. The molecule has 0 bridgehead atoms. The van der Waals surface area contributed by atoms with Crippen molar-refractivity contribution < 1.29 is 4.79 Å². The molecule has 0 rings (SSSR count). The second kappa shape index (κ2) is 5.67. The zero-order valence-corrected chi connectivity index (χ0v) is 11.9. The molecule has 96 valence electrons. The number of rotatable bonds is 5. The van der Waals surface area contributed by atoms with Gasteiger partial charge in [-0.1, -0.05) is 20.8 Å². The van der Waals surface area contributed by atoms with Gasteiger partial charge in [0, 0.05) is 11.6 Å². The van der Waals surface area contributed by atoms with Crippen molar-refractivity contribution in [3.05, 3.63) is 0 Å². The average molecular weight is 228 g/mol. The van der Waals surface area contributed by atoms with E-state index in [2.05, 4.69) is 45.3 Å². The Morgan fingerprint density at radius 3 is 2.00 bits per heavy atom. The number of nitrogens with one attached hydrogen (secondary N) is 2. The van der Waals surface area contributed by atoms with E-state index < -0.39 is 0 Å². The van der Waals surface area contributed by atoms with Crippen LogP contribution in [0.2, 0.25) is 0 Å². The van der Waals surface area contributed by atoms with Crippen molar-refractivity contribution in [2.45, 2.75) is 66.5 Å². The molecule has 0 radical (unpaired) electrons. The lowest BCUT2D eigenvalue weighted by Crippen LogP contribution is -2.48. The molecule has 3 heteroatoms. The van der Waals surface area contributed by atoms with E-state index in [1.165, 1.54) is 0 Å². The predicted molar refractivity (Wildman–Crippen MR) is 69.4 cm³/mol. The highest BCUT2D eigenvalue weighted by molar-refractivity contribution is 5.78. The first-order valence-corrected chi connectivity index (χ1v) is 6.06. The van der Waals surface area contributed by atoms with Gasteiger partial charge in [-0.3, -0.25) is 4.79 Å². The van der Waals surface area contributed by atoms with E-state index in [0.29, 0.717) is 6.54 Å². The zero-order chi connectivity index (χ0) is 13.0. The van der Waals surface area contributed by atoms with Gasteiger partial charge in [-0.15, -0.1) is 0 Å². The predicted octanol–water partition coefficient (Wildman–Crippen LogP) is 2.32. The molecule has 0 saturated carbocycles. The Balaban J connectivity index is 4.04. The van der Waals surface area contributed by atoms with Crippen molar-refractivity contribution in [3.8, 4) is 0 Å². The fourth-order valence-corrected chi connectivity index (χ4v) is 2.08. The molecular weight excluding hydrogens is 200 g/mol. The highest BCUT2D eigenvalue weighted by Crippen LogP contribution is 2.26. The molecule has 0 aromatic carbocycles. The zero-order valence-electron chi connectivity index (χ0n) is 11.9. The second-order valence-corrected chi connectivity index (χ2v) is 6.70. The minimum atomic E-state index is -0.00737. The summed E-state index contributed by atoms with van der Waals surface area (Å²) in [5.41, 5.74) is 0.262. The van der Waals surface area contributed by atoms with E-state index in [0.717, 1.165) is 6.42 Å². The molecule has 1 amide bonds. The van der Waals surface area contributed by atoms with Crippen LogP contribution < -0.4 is 10.6 Å². The maximum absolute atomic E-state index is 11.5. The Morgan fingerprint density at radius 1 is 1.12 bits per heavy atom. The SMILES string of the molecule is CC(C)NC(=O)CNC(C)(C)CC(C)(C)C. The number of carbonyl (C=O) groups is 1. The third kappa shape index (κ3) is 8.72. The molecular formula is C13H28N2O. The lowest BCUT2D eigenvalue weighted by molar-refractivity contribution is -0.121. The number of carbonyl (C=O) groups excluding carboxylic acids is 1. The summed E-state index contributed by atoms with van der Waals surface area (Å²) in [5.74, 6) is 0.0667. The van der Waals surface area contributed by atoms with Crippen LogP contribution in [-0.4, -0.2) is 24.0 Å². The fourth-order valence-electron chi connectivity index (χ4n) is 2.08. The summed E-state index contributed by atoms with van der Waals surface area (Å²) in [6.45, 7) is 15.2. The molecule has 16 heavy (non-hydrogen) atoms. The van der Waals surface area contributed by atoms with Gasteiger partial charge in [0.15, 0.2) is 0 Å². The maximum Gasteiger partial charge on any atom is 0.234 e. The molecule has 0 aromatic heterocycles. The van der Waals surface area contributed by atoms with Crippen molar-refractivity contribution in [1.29, 1.82) is 0 Å². The Bertz CT molecular complexity index is 227. The summed E-state index contributed by atoms with van der Waals surface area (Å²) in [7, 11) is 0. The molecule has 0 aliphatic carbocycles. The van der Waals surface area contributed by atoms with Gasteiger partial charge in [0.1, 0.15) is 0 Å². The van der Waals surface area contributed by atoms with Gasteiger partial charge in [0.2, 0.25) is 5.91 Å². The second-order valence-electron chi connectivity index (χ2n) is 6.70. The minimum Gasteiger partial charge on any atom is -0.353 e. The quantitative estimate of drug-likeness (QED) is 0.758. The summed E-state index contributed by atoms with van der Waals surface area (Å²) < 4.78 is 0. The van der Waals surface area contributed by atoms with E-state index in [1.54, 1.807) is 0 Å². The molecule has 0 atom stereocenters. The summed E-state index contributed by atoms with van der Waals surface area (Å²) in [4.78, 5) is 11.5. The average Bonchev–Trinajstić information content (AvgIpc) is 1.95. The molecule has 0 aromatic rings. The summed E-state index contributed by atoms with van der Waals surface area (Å²) in [6, 6.07) is 0.208. The first-order chi connectivity index (χ1) is 7.02. The van der Waals surface area contributed by atoms with Crippen LogP contribution in [0.3, 0.4) is 0 Å². The van der Waals surface area contributed by atoms with Crippen LogP contribution in [0.15, 0.2) is 0 Å². The van der Waals surface area contributed by atoms with Gasteiger partial charge in [-0.05, 0) is 39.5 Å². The number of amides is 1. The third-order valence-corrected chi connectivity index (χ3v) is 2.15. The summed E-state index contributed by atoms with van der Waals surface area (Å²) in [5, 5.41) is 6.19. The molecule has 0 heterocycles. The van der Waals surface area contributed by atoms with Crippen LogP contribution in [0.1, 0.15) is 54.9 Å². The first-order valence-electron chi connectivity index (χ1n) is 6.06. The first kappa shape index (κ1) is 15.4. The maximum atomic E-state index is 11.5. The molecule has 0 fully saturated rings. The van der Waals surface area contributed by atoms with Crippen LogP contribution in [0.25, 0.3) is 0 Å². The van der Waals surface area contributed by atoms with Gasteiger partial charge < -0.3 is 10.6 Å². The Kier molecular flexibility index (Phi) is 5.47. The normalized spacial score (nSPS) is 13.0. The standard InChI is InChI=1S/C13H28N2O/c1-10(2)15-11(16)8-14-13(6,7)9-12(3,4)5/h10,14H,8-9H2,1-7H3,(H,15,16). The minimum absolute atomic E-state index is 0.00737. The number of hydrogen-bond donors (Lipinski definition) is 2. The molecule has 3 nitrogen and oxygen atoms in total. The molecule has 2 N–H and O–H groups in total. The lowest BCUT2D eigenvalue weighted by Gasteiger charge is -2.33. The van der Waals surface area contributed by atoms with E-state index in [9.17, 15) is 4.79 Å². The third-order valence-electron chi connectivity index (χ3n) is 2.15. The monoisotopic (exact) mass is 228 g/mol. The van der Waals surface area contributed by atoms with Crippen LogP contribution >= 0.6 is 0 Å². The topological polar surface area (TPSA) is 41.1 Å². The van der Waals surface area contributed by atoms with Crippen molar-refractivity contribution >= 4 is 5.91 Å². The Labute approximate surface area is 100 Å². The van der Waals surface area contributed by atoms with Gasteiger partial charge in [0.05, 0.1) is 6.54 Å². The van der Waals surface area contributed by atoms with E-state index in [-0.39, 0.29) is 22.9 Å². The van der Waals surface area contributed by atoms with Crippen LogP contribution in [-0.2, 0) is 4.79 Å². The van der Waals surface area contributed by atoms with Crippen LogP contribution in [0, 0.1) is 5.41 Å². The van der Waals surface area contributed by atoms with Crippen molar-refractivity contribution in [2.75, 3.05) is 6.54 Å². The number of hydrogen-bond acceptors (Lipinski definition) is 2. The van der Waals surface area contributed by atoms with E-state index in [4.69, 9.17) is 0 Å². The molecule has 0 aliphatic rings. The van der Waals surface area contributed by atoms with Gasteiger partial charge in [-0.25, -0.2) is 0 Å². The highest BCUT2D eigenvalue weighted by Gasteiger charge is 2.25. The van der Waals surface area contributed by atoms with Crippen molar-refractivity contribution in [3.63, 3.8) is 0 Å². The van der Waals surface area contributed by atoms with E-state index in [1.807, 2.05) is 13.8 Å². The molecule has 0 unspecified atom stereocenters. The lowest BCUT2D eigenvalue weighted by atomic mass is 9.82. The molecule has 0 spiro atoms. The fraction of sp³-hybridized carbons (Fsp3) is 0.923. The smallest absolute Gasteiger partial charge is 0.234 e. The van der Waals surface area contributed by atoms with Crippen molar-refractivity contribution in [1.82, 2.24) is 10.6 Å². The van der Waals surface area contributed by atoms with Gasteiger partial charge in [0.25, 0.3) is 0 Å². The van der Waals surface area contributed by atoms with Crippen LogP contribution in [0.4, 0.5) is 0 Å². The summed E-state index contributed by atoms with van der Waals surface area (Å²) >= 11 is 0. The van der Waals surface area contributed by atoms with Gasteiger partial charge >= 0.3 is 0 Å². The largest absolute Gasteiger partial charge is 0.353 e. The molecule has 0 aliphatic heterocycles. The molecule has 0 saturated heterocycles. The van der Waals surface area contributed by atoms with E-state index >= 15 is 0 Å². The summed E-state index contributed by atoms with van der Waals surface area (Å²) in [6.07, 6.45) is 1.04.